The van der Waals surface area contributed by atoms with Gasteiger partial charge in [-0.05, 0) is 48.9 Å². The van der Waals surface area contributed by atoms with Gasteiger partial charge in [0.05, 0.1) is 32.8 Å². The number of hydrogen-bond acceptors (Lipinski definition) is 6. The maximum atomic E-state index is 13.1. The number of carbonyl (C=O) groups excluding carboxylic acids is 2. The number of nitrogens with zero attached hydrogens (tertiary/aromatic N) is 1. The minimum Gasteiger partial charge on any atom is -0.497 e. The number of nitrogens with one attached hydrogen (secondary N) is 1. The third-order valence-corrected chi connectivity index (χ3v) is 5.13. The molecule has 0 radical (unpaired) electrons. The van der Waals surface area contributed by atoms with E-state index in [4.69, 9.17) is 14.2 Å². The fourth-order valence-corrected chi connectivity index (χ4v) is 3.59. The second-order valence-corrected chi connectivity index (χ2v) is 6.64. The molecular weight excluding hydrogens is 372 g/mol. The van der Waals surface area contributed by atoms with E-state index in [9.17, 15) is 14.9 Å². The van der Waals surface area contributed by atoms with Gasteiger partial charge in [0, 0.05) is 11.6 Å². The summed E-state index contributed by atoms with van der Waals surface area (Å²) in [5, 5.41) is 12.7. The van der Waals surface area contributed by atoms with Crippen LogP contribution in [-0.2, 0) is 14.3 Å². The SMILES string of the molecule is CCOC(=O)[C@H]1[C@@H](c2ccc(OC)cc2)[C@]1(C#N)C(=O)Nc1ccc(OC)cc1. The van der Waals surface area contributed by atoms with Crippen molar-refractivity contribution in [2.75, 3.05) is 26.1 Å². The van der Waals surface area contributed by atoms with Gasteiger partial charge in [0.2, 0.25) is 5.91 Å². The van der Waals surface area contributed by atoms with E-state index >= 15 is 0 Å². The zero-order valence-electron chi connectivity index (χ0n) is 16.5. The Labute approximate surface area is 169 Å². The molecule has 0 aromatic heterocycles. The van der Waals surface area contributed by atoms with Crippen LogP contribution in [0.4, 0.5) is 5.69 Å². The zero-order valence-corrected chi connectivity index (χ0v) is 16.5. The summed E-state index contributed by atoms with van der Waals surface area (Å²) in [6.45, 7) is 1.86. The molecule has 0 aliphatic heterocycles. The summed E-state index contributed by atoms with van der Waals surface area (Å²) < 4.78 is 15.4. The van der Waals surface area contributed by atoms with Gasteiger partial charge >= 0.3 is 5.97 Å². The van der Waals surface area contributed by atoms with Crippen molar-refractivity contribution in [3.8, 4) is 17.6 Å². The van der Waals surface area contributed by atoms with Crippen molar-refractivity contribution in [3.05, 3.63) is 54.1 Å². The summed E-state index contributed by atoms with van der Waals surface area (Å²) in [7, 11) is 3.10. The molecule has 7 heteroatoms. The third-order valence-electron chi connectivity index (χ3n) is 5.13. The monoisotopic (exact) mass is 394 g/mol. The number of methoxy groups -OCH3 is 2. The Kier molecular flexibility index (Phi) is 5.74. The summed E-state index contributed by atoms with van der Waals surface area (Å²) in [5.74, 6) is -1.28. The highest BCUT2D eigenvalue weighted by Crippen LogP contribution is 2.65. The molecule has 3 atom stereocenters. The molecule has 1 N–H and O–H groups in total. The lowest BCUT2D eigenvalue weighted by molar-refractivity contribution is -0.146. The number of rotatable bonds is 7. The van der Waals surface area contributed by atoms with Crippen LogP contribution in [0.3, 0.4) is 0 Å². The Hall–Kier alpha value is -3.53. The van der Waals surface area contributed by atoms with Crippen molar-refractivity contribution in [3.63, 3.8) is 0 Å². The quantitative estimate of drug-likeness (QED) is 0.725. The van der Waals surface area contributed by atoms with Crippen LogP contribution in [0.2, 0.25) is 0 Å². The molecule has 3 rings (SSSR count). The number of nitriles is 1. The van der Waals surface area contributed by atoms with Crippen LogP contribution in [0, 0.1) is 22.7 Å². The largest absolute Gasteiger partial charge is 0.497 e. The van der Waals surface area contributed by atoms with Gasteiger partial charge in [-0.15, -0.1) is 0 Å². The van der Waals surface area contributed by atoms with Crippen LogP contribution >= 0.6 is 0 Å². The average Bonchev–Trinajstić information content (AvgIpc) is 3.45. The van der Waals surface area contributed by atoms with Crippen molar-refractivity contribution in [1.29, 1.82) is 5.26 Å². The standard InChI is InChI=1S/C22H22N2O5/c1-4-29-20(25)19-18(14-5-9-16(27-2)10-6-14)22(19,13-23)21(26)24-15-7-11-17(28-3)12-8-15/h5-12,18-19H,4H2,1-3H3,(H,24,26)/t18-,19-,22+/m1/s1. The zero-order chi connectivity index (χ0) is 21.0. The molecule has 7 nitrogen and oxygen atoms in total. The van der Waals surface area contributed by atoms with E-state index in [0.717, 1.165) is 0 Å². The molecule has 1 fully saturated rings. The van der Waals surface area contributed by atoms with Crippen LogP contribution in [0.5, 0.6) is 11.5 Å². The van der Waals surface area contributed by atoms with Crippen molar-refractivity contribution in [2.45, 2.75) is 12.8 Å². The number of esters is 1. The molecule has 0 bridgehead atoms. The maximum absolute atomic E-state index is 13.1. The van der Waals surface area contributed by atoms with E-state index in [-0.39, 0.29) is 6.61 Å². The van der Waals surface area contributed by atoms with Gasteiger partial charge in [-0.3, -0.25) is 9.59 Å². The van der Waals surface area contributed by atoms with Crippen molar-refractivity contribution < 1.29 is 23.8 Å². The summed E-state index contributed by atoms with van der Waals surface area (Å²) in [6, 6.07) is 15.8. The number of carbonyl (C=O) groups is 2. The van der Waals surface area contributed by atoms with Crippen LogP contribution in [0.15, 0.2) is 48.5 Å². The Bertz CT molecular complexity index is 933. The fraction of sp³-hybridized carbons (Fsp3) is 0.318. The predicted molar refractivity (Wildman–Crippen MR) is 106 cm³/mol. The molecule has 2 aromatic rings. The van der Waals surface area contributed by atoms with Gasteiger partial charge < -0.3 is 19.5 Å². The molecule has 2 aromatic carbocycles. The molecule has 29 heavy (non-hydrogen) atoms. The first-order chi connectivity index (χ1) is 14.0. The molecule has 0 heterocycles. The number of ether oxygens (including phenoxy) is 3. The van der Waals surface area contributed by atoms with Crippen LogP contribution in [0.25, 0.3) is 0 Å². The van der Waals surface area contributed by atoms with Crippen molar-refractivity contribution in [2.24, 2.45) is 11.3 Å². The molecular formula is C22H22N2O5. The second kappa shape index (κ2) is 8.23. The highest BCUT2D eigenvalue weighted by Gasteiger charge is 2.75. The molecule has 1 aliphatic carbocycles. The molecule has 0 saturated heterocycles. The lowest BCUT2D eigenvalue weighted by Crippen LogP contribution is -2.28. The number of anilines is 1. The number of benzene rings is 2. The third kappa shape index (κ3) is 3.61. The van der Waals surface area contributed by atoms with Gasteiger partial charge in [-0.2, -0.15) is 5.26 Å². The van der Waals surface area contributed by atoms with Gasteiger partial charge in [-0.1, -0.05) is 12.1 Å². The van der Waals surface area contributed by atoms with Gasteiger partial charge in [0.15, 0.2) is 5.41 Å². The van der Waals surface area contributed by atoms with Crippen LogP contribution in [0.1, 0.15) is 18.4 Å². The van der Waals surface area contributed by atoms with Crippen molar-refractivity contribution >= 4 is 17.6 Å². The normalized spacial score (nSPS) is 22.1. The lowest BCUT2D eigenvalue weighted by atomic mass is 9.99. The fourth-order valence-electron chi connectivity index (χ4n) is 3.59. The molecule has 1 amide bonds. The Balaban J connectivity index is 1.91. The van der Waals surface area contributed by atoms with Gasteiger partial charge in [0.1, 0.15) is 11.5 Å². The molecule has 0 spiro atoms. The first kappa shape index (κ1) is 20.2. The Morgan fingerprint density at radius 1 is 1.03 bits per heavy atom. The average molecular weight is 394 g/mol. The number of hydrogen-bond donors (Lipinski definition) is 1. The van der Waals surface area contributed by atoms with Crippen molar-refractivity contribution in [1.82, 2.24) is 0 Å². The topological polar surface area (TPSA) is 97.7 Å². The van der Waals surface area contributed by atoms with Gasteiger partial charge in [0.25, 0.3) is 0 Å². The van der Waals surface area contributed by atoms with Crippen LogP contribution in [-0.4, -0.2) is 32.7 Å². The lowest BCUT2D eigenvalue weighted by Gasteiger charge is -2.11. The smallest absolute Gasteiger partial charge is 0.311 e. The van der Waals surface area contributed by atoms with E-state index in [0.29, 0.717) is 22.7 Å². The van der Waals surface area contributed by atoms with Gasteiger partial charge in [-0.25, -0.2) is 0 Å². The second-order valence-electron chi connectivity index (χ2n) is 6.64. The predicted octanol–water partition coefficient (Wildman–Crippen LogP) is 3.13. The Morgan fingerprint density at radius 3 is 2.07 bits per heavy atom. The summed E-state index contributed by atoms with van der Waals surface area (Å²) in [5.41, 5.74) is -0.329. The molecule has 0 unspecified atom stereocenters. The van der Waals surface area contributed by atoms with E-state index in [1.165, 1.54) is 0 Å². The van der Waals surface area contributed by atoms with Crippen LogP contribution < -0.4 is 14.8 Å². The molecule has 150 valence electrons. The first-order valence-electron chi connectivity index (χ1n) is 9.19. The highest BCUT2D eigenvalue weighted by atomic mass is 16.5. The molecule has 1 saturated carbocycles. The first-order valence-corrected chi connectivity index (χ1v) is 9.19. The summed E-state index contributed by atoms with van der Waals surface area (Å²) in [6.07, 6.45) is 0. The van der Waals surface area contributed by atoms with E-state index in [2.05, 4.69) is 11.4 Å². The summed E-state index contributed by atoms with van der Waals surface area (Å²) in [4.78, 5) is 25.6. The van der Waals surface area contributed by atoms with E-state index in [1.54, 1.807) is 69.7 Å². The maximum Gasteiger partial charge on any atom is 0.311 e. The highest BCUT2D eigenvalue weighted by molar-refractivity contribution is 6.06. The van der Waals surface area contributed by atoms with E-state index in [1.807, 2.05) is 0 Å². The molecule has 1 aliphatic rings. The Morgan fingerprint density at radius 2 is 1.59 bits per heavy atom. The minimum absolute atomic E-state index is 0.173. The summed E-state index contributed by atoms with van der Waals surface area (Å²) >= 11 is 0. The van der Waals surface area contributed by atoms with E-state index < -0.39 is 29.1 Å². The number of amides is 1. The minimum atomic E-state index is -1.54.